The normalized spacial score (nSPS) is 7.86. The molecule has 0 fully saturated rings. The molecule has 0 rings (SSSR count). The van der Waals surface area contributed by atoms with Crippen molar-refractivity contribution in [1.29, 1.82) is 0 Å². The second kappa shape index (κ2) is 4.80. The van der Waals surface area contributed by atoms with E-state index in [4.69, 9.17) is 15.3 Å². The maximum atomic E-state index is 9.20. The van der Waals surface area contributed by atoms with Crippen LogP contribution in [0.5, 0.6) is 0 Å². The van der Waals surface area contributed by atoms with Crippen LogP contribution in [0.3, 0.4) is 0 Å². The molecule has 38 valence electrons. The van der Waals surface area contributed by atoms with E-state index < -0.39 is 12.3 Å². The maximum Gasteiger partial charge on any atom is 0.360 e. The molecule has 2 radical (unpaired) electrons. The quantitative estimate of drug-likeness (QED) is 0.285. The zero-order chi connectivity index (χ0) is 5.15. The number of aliphatic carboxylic acids is 1. The van der Waals surface area contributed by atoms with Crippen LogP contribution in [0, 0.1) is 0 Å². The van der Waals surface area contributed by atoms with E-state index in [-0.39, 0.29) is 37.7 Å². The van der Waals surface area contributed by atoms with Gasteiger partial charge in [-0.1, -0.05) is 0 Å². The molecule has 0 heterocycles. The summed E-state index contributed by atoms with van der Waals surface area (Å²) >= 11 is 0. The molecule has 0 aliphatic rings. The van der Waals surface area contributed by atoms with Crippen LogP contribution in [0.2, 0.25) is 0 Å². The fourth-order valence-corrected chi connectivity index (χ4v) is 0. The molecule has 0 amide bonds. The average Bonchev–Trinajstić information content (AvgIpc) is 1.36. The summed E-state index contributed by atoms with van der Waals surface area (Å²) in [4.78, 5) is 9.20. The summed E-state index contributed by atoms with van der Waals surface area (Å²) in [6.07, 6.45) is -2.23. The van der Waals surface area contributed by atoms with Crippen LogP contribution >= 0.6 is 0 Å². The Labute approximate surface area is 69.8 Å². The van der Waals surface area contributed by atoms with E-state index in [1.165, 1.54) is 0 Å². The molecule has 0 aromatic carbocycles. The Morgan fingerprint density at radius 3 is 1.57 bits per heavy atom. The molecule has 3 N–H and O–H groups in total. The SMILES string of the molecule is O=C(O)C(O)O.[Ca]. The molecule has 0 aliphatic heterocycles. The first-order chi connectivity index (χ1) is 2.64. The van der Waals surface area contributed by atoms with E-state index in [0.29, 0.717) is 0 Å². The number of carboxylic acid groups (broad SMARTS) is 1. The third-order valence-electron chi connectivity index (χ3n) is 0.221. The Hall–Kier alpha value is 0.650. The summed E-state index contributed by atoms with van der Waals surface area (Å²) < 4.78 is 0. The predicted molar refractivity (Wildman–Crippen MR) is 21.6 cm³/mol. The van der Waals surface area contributed by atoms with Gasteiger partial charge in [-0.25, -0.2) is 4.79 Å². The first-order valence-electron chi connectivity index (χ1n) is 1.23. The van der Waals surface area contributed by atoms with Gasteiger partial charge in [0.1, 0.15) is 0 Å². The van der Waals surface area contributed by atoms with E-state index in [2.05, 4.69) is 0 Å². The Morgan fingerprint density at radius 2 is 1.57 bits per heavy atom. The minimum atomic E-state index is -2.23. The summed E-state index contributed by atoms with van der Waals surface area (Å²) in [5.74, 6) is -1.63. The molecule has 4 nitrogen and oxygen atoms in total. The molecule has 0 saturated heterocycles. The Bertz CT molecular complexity index is 60.7. The molecular formula is C2H4CaO4. The van der Waals surface area contributed by atoms with E-state index in [1.54, 1.807) is 0 Å². The Kier molecular flexibility index (Phi) is 7.27. The van der Waals surface area contributed by atoms with Gasteiger partial charge in [0.15, 0.2) is 0 Å². The van der Waals surface area contributed by atoms with Crippen molar-refractivity contribution in [2.45, 2.75) is 6.29 Å². The fraction of sp³-hybridized carbons (Fsp3) is 0.500. The topological polar surface area (TPSA) is 77.8 Å². The Morgan fingerprint density at radius 1 is 1.43 bits per heavy atom. The number of carboxylic acids is 1. The van der Waals surface area contributed by atoms with Crippen molar-refractivity contribution in [1.82, 2.24) is 0 Å². The van der Waals surface area contributed by atoms with Crippen molar-refractivity contribution in [2.75, 3.05) is 0 Å². The van der Waals surface area contributed by atoms with Crippen LogP contribution < -0.4 is 0 Å². The van der Waals surface area contributed by atoms with Crippen molar-refractivity contribution < 1.29 is 20.1 Å². The summed E-state index contributed by atoms with van der Waals surface area (Å²) in [5, 5.41) is 22.7. The number of hydrogen-bond acceptors (Lipinski definition) is 3. The molecule has 0 atom stereocenters. The van der Waals surface area contributed by atoms with Gasteiger partial charge in [0, 0.05) is 37.7 Å². The van der Waals surface area contributed by atoms with Gasteiger partial charge in [0.05, 0.1) is 0 Å². The van der Waals surface area contributed by atoms with E-state index in [1.807, 2.05) is 0 Å². The van der Waals surface area contributed by atoms with Crippen LogP contribution in [0.15, 0.2) is 0 Å². The van der Waals surface area contributed by atoms with E-state index in [9.17, 15) is 4.79 Å². The third-order valence-corrected chi connectivity index (χ3v) is 0.221. The zero-order valence-corrected chi connectivity index (χ0v) is 5.74. The second-order valence-electron chi connectivity index (χ2n) is 0.712. The van der Waals surface area contributed by atoms with Crippen LogP contribution in [-0.2, 0) is 4.79 Å². The first-order valence-corrected chi connectivity index (χ1v) is 1.23. The van der Waals surface area contributed by atoms with Crippen molar-refractivity contribution in [2.24, 2.45) is 0 Å². The summed E-state index contributed by atoms with van der Waals surface area (Å²) in [6, 6.07) is 0. The van der Waals surface area contributed by atoms with Gasteiger partial charge < -0.3 is 15.3 Å². The number of hydrogen-bond donors (Lipinski definition) is 3. The van der Waals surface area contributed by atoms with Crippen LogP contribution in [0.1, 0.15) is 0 Å². The molecule has 0 aromatic rings. The van der Waals surface area contributed by atoms with E-state index >= 15 is 0 Å². The first kappa shape index (κ1) is 10.6. The minimum absolute atomic E-state index is 0. The molecule has 0 unspecified atom stereocenters. The van der Waals surface area contributed by atoms with Gasteiger partial charge in [0.2, 0.25) is 0 Å². The monoisotopic (exact) mass is 132 g/mol. The average molecular weight is 132 g/mol. The molecule has 7 heavy (non-hydrogen) atoms. The summed E-state index contributed by atoms with van der Waals surface area (Å²) in [7, 11) is 0. The predicted octanol–water partition coefficient (Wildman–Crippen LogP) is -2.00. The van der Waals surface area contributed by atoms with Crippen LogP contribution in [0.25, 0.3) is 0 Å². The fourth-order valence-electron chi connectivity index (χ4n) is 0. The molecular weight excluding hydrogens is 128 g/mol. The van der Waals surface area contributed by atoms with Crippen LogP contribution in [0.4, 0.5) is 0 Å². The van der Waals surface area contributed by atoms with Crippen molar-refractivity contribution in [3.05, 3.63) is 0 Å². The van der Waals surface area contributed by atoms with Gasteiger partial charge >= 0.3 is 5.97 Å². The zero-order valence-electron chi connectivity index (χ0n) is 3.53. The van der Waals surface area contributed by atoms with Crippen molar-refractivity contribution >= 4 is 43.7 Å². The smallest absolute Gasteiger partial charge is 0.360 e. The third kappa shape index (κ3) is 6.65. The van der Waals surface area contributed by atoms with E-state index in [0.717, 1.165) is 0 Å². The molecule has 0 spiro atoms. The Balaban J connectivity index is 0. The van der Waals surface area contributed by atoms with Crippen LogP contribution in [-0.4, -0.2) is 65.3 Å². The molecule has 0 bridgehead atoms. The number of carbonyl (C=O) groups is 1. The van der Waals surface area contributed by atoms with Gasteiger partial charge in [-0.15, -0.1) is 0 Å². The van der Waals surface area contributed by atoms with Gasteiger partial charge in [-0.2, -0.15) is 0 Å². The van der Waals surface area contributed by atoms with Gasteiger partial charge in [-0.3, -0.25) is 0 Å². The number of aliphatic hydroxyl groups is 2. The second-order valence-corrected chi connectivity index (χ2v) is 0.712. The summed E-state index contributed by atoms with van der Waals surface area (Å²) in [6.45, 7) is 0. The largest absolute Gasteiger partial charge is 0.477 e. The van der Waals surface area contributed by atoms with Gasteiger partial charge in [-0.05, 0) is 0 Å². The molecule has 0 aromatic heterocycles. The maximum absolute atomic E-state index is 9.20. The molecule has 5 heteroatoms. The minimum Gasteiger partial charge on any atom is -0.477 e. The molecule has 0 saturated carbocycles. The van der Waals surface area contributed by atoms with Gasteiger partial charge in [0.25, 0.3) is 6.29 Å². The van der Waals surface area contributed by atoms with Crippen molar-refractivity contribution in [3.8, 4) is 0 Å². The van der Waals surface area contributed by atoms with Crippen molar-refractivity contribution in [3.63, 3.8) is 0 Å². The number of rotatable bonds is 1. The summed E-state index contributed by atoms with van der Waals surface area (Å²) in [5.41, 5.74) is 0. The standard InChI is InChI=1S/C2H4O4.Ca/c3-1(4)2(5)6;/h1,3-4H,(H,5,6);. The molecule has 0 aliphatic carbocycles. The number of aliphatic hydroxyl groups excluding tert-OH is 1.